The molecule has 0 aromatic heterocycles. The van der Waals surface area contributed by atoms with Gasteiger partial charge in [0.25, 0.3) is 0 Å². The van der Waals surface area contributed by atoms with Crippen LogP contribution in [0.2, 0.25) is 0 Å². The first-order chi connectivity index (χ1) is 7.20. The summed E-state index contributed by atoms with van der Waals surface area (Å²) in [4.78, 5) is 11.3. The van der Waals surface area contributed by atoms with E-state index in [9.17, 15) is 4.79 Å². The molecular weight excluding hydrogens is 192 g/mol. The maximum Gasteiger partial charge on any atom is 0.233 e. The number of carbonyl (C=O) groups excluding carboxylic acids is 1. The van der Waals surface area contributed by atoms with Crippen LogP contribution in [-0.4, -0.2) is 38.3 Å². The lowest BCUT2D eigenvalue weighted by molar-refractivity contribution is -0.120. The maximum absolute atomic E-state index is 11.3. The van der Waals surface area contributed by atoms with E-state index in [0.29, 0.717) is 19.1 Å². The lowest BCUT2D eigenvalue weighted by Crippen LogP contribution is -2.38. The van der Waals surface area contributed by atoms with Gasteiger partial charge in [-0.2, -0.15) is 0 Å². The molecule has 0 saturated heterocycles. The van der Waals surface area contributed by atoms with Gasteiger partial charge in [0.05, 0.1) is 6.54 Å². The number of hydrogen-bond donors (Lipinski definition) is 2. The molecule has 90 valence electrons. The van der Waals surface area contributed by atoms with Crippen LogP contribution >= 0.6 is 0 Å². The second-order valence-corrected chi connectivity index (χ2v) is 3.59. The molecule has 0 rings (SSSR count). The SMILES string of the molecule is CCOCCCNC(=O)CNC(C)CC. The molecule has 4 heteroatoms. The number of ether oxygens (including phenoxy) is 1. The van der Waals surface area contributed by atoms with Gasteiger partial charge in [-0.1, -0.05) is 6.92 Å². The minimum absolute atomic E-state index is 0.0619. The monoisotopic (exact) mass is 216 g/mol. The molecule has 0 spiro atoms. The molecule has 0 heterocycles. The van der Waals surface area contributed by atoms with Gasteiger partial charge < -0.3 is 15.4 Å². The molecule has 1 amide bonds. The molecule has 1 unspecified atom stereocenters. The summed E-state index contributed by atoms with van der Waals surface area (Å²) in [5.41, 5.74) is 0. The quantitative estimate of drug-likeness (QED) is 0.563. The summed E-state index contributed by atoms with van der Waals surface area (Å²) in [5.74, 6) is 0.0619. The Hall–Kier alpha value is -0.610. The van der Waals surface area contributed by atoms with E-state index in [-0.39, 0.29) is 5.91 Å². The van der Waals surface area contributed by atoms with E-state index >= 15 is 0 Å². The highest BCUT2D eigenvalue weighted by Gasteiger charge is 2.02. The summed E-state index contributed by atoms with van der Waals surface area (Å²) in [6.45, 7) is 8.69. The van der Waals surface area contributed by atoms with Gasteiger partial charge >= 0.3 is 0 Å². The van der Waals surface area contributed by atoms with E-state index in [2.05, 4.69) is 24.5 Å². The zero-order valence-corrected chi connectivity index (χ0v) is 10.1. The standard InChI is InChI=1S/C11H24N2O2/c1-4-10(3)13-9-11(14)12-7-6-8-15-5-2/h10,13H,4-9H2,1-3H3,(H,12,14). The molecule has 0 aromatic carbocycles. The fourth-order valence-corrected chi connectivity index (χ4v) is 1.02. The summed E-state index contributed by atoms with van der Waals surface area (Å²) in [6.07, 6.45) is 1.92. The molecule has 0 fully saturated rings. The highest BCUT2D eigenvalue weighted by molar-refractivity contribution is 5.77. The number of nitrogens with one attached hydrogen (secondary N) is 2. The van der Waals surface area contributed by atoms with Crippen LogP contribution in [0.5, 0.6) is 0 Å². The minimum atomic E-state index is 0.0619. The van der Waals surface area contributed by atoms with Crippen molar-refractivity contribution in [3.63, 3.8) is 0 Å². The largest absolute Gasteiger partial charge is 0.382 e. The van der Waals surface area contributed by atoms with Gasteiger partial charge in [-0.05, 0) is 26.7 Å². The van der Waals surface area contributed by atoms with Crippen LogP contribution in [0.4, 0.5) is 0 Å². The second kappa shape index (κ2) is 9.93. The third kappa shape index (κ3) is 9.69. The number of rotatable bonds is 9. The van der Waals surface area contributed by atoms with Crippen molar-refractivity contribution in [2.24, 2.45) is 0 Å². The smallest absolute Gasteiger partial charge is 0.233 e. The molecule has 15 heavy (non-hydrogen) atoms. The molecular formula is C11H24N2O2. The van der Waals surface area contributed by atoms with Gasteiger partial charge in [0.1, 0.15) is 0 Å². The number of carbonyl (C=O) groups is 1. The number of hydrogen-bond acceptors (Lipinski definition) is 3. The first kappa shape index (κ1) is 14.4. The van der Waals surface area contributed by atoms with Crippen molar-refractivity contribution in [2.75, 3.05) is 26.3 Å². The van der Waals surface area contributed by atoms with Crippen molar-refractivity contribution in [3.8, 4) is 0 Å². The molecule has 1 atom stereocenters. The Labute approximate surface area is 92.8 Å². The van der Waals surface area contributed by atoms with E-state index in [1.54, 1.807) is 0 Å². The molecule has 4 nitrogen and oxygen atoms in total. The van der Waals surface area contributed by atoms with Crippen LogP contribution in [0.3, 0.4) is 0 Å². The summed E-state index contributed by atoms with van der Waals surface area (Å²) in [5, 5.41) is 5.98. The molecule has 0 saturated carbocycles. The molecule has 0 bridgehead atoms. The van der Waals surface area contributed by atoms with Gasteiger partial charge in [-0.15, -0.1) is 0 Å². The fraction of sp³-hybridized carbons (Fsp3) is 0.909. The van der Waals surface area contributed by atoms with Gasteiger partial charge in [0.15, 0.2) is 0 Å². The van der Waals surface area contributed by atoms with E-state index < -0.39 is 0 Å². The lowest BCUT2D eigenvalue weighted by atomic mass is 10.2. The Kier molecular flexibility index (Phi) is 9.52. The predicted molar refractivity (Wildman–Crippen MR) is 61.9 cm³/mol. The topological polar surface area (TPSA) is 50.4 Å². The summed E-state index contributed by atoms with van der Waals surface area (Å²) < 4.78 is 5.16. The highest BCUT2D eigenvalue weighted by Crippen LogP contribution is 1.86. The second-order valence-electron chi connectivity index (χ2n) is 3.59. The Morgan fingerprint density at radius 3 is 2.73 bits per heavy atom. The predicted octanol–water partition coefficient (Wildman–Crippen LogP) is 0.917. The van der Waals surface area contributed by atoms with Crippen LogP contribution in [0.15, 0.2) is 0 Å². The van der Waals surface area contributed by atoms with Crippen LogP contribution < -0.4 is 10.6 Å². The summed E-state index contributed by atoms with van der Waals surface area (Å²) >= 11 is 0. The summed E-state index contributed by atoms with van der Waals surface area (Å²) in [7, 11) is 0. The lowest BCUT2D eigenvalue weighted by Gasteiger charge is -2.11. The Bertz CT molecular complexity index is 163. The van der Waals surface area contributed by atoms with E-state index in [1.807, 2.05) is 6.92 Å². The van der Waals surface area contributed by atoms with E-state index in [1.165, 1.54) is 0 Å². The normalized spacial score (nSPS) is 12.5. The first-order valence-electron chi connectivity index (χ1n) is 5.78. The molecule has 0 aliphatic carbocycles. The van der Waals surface area contributed by atoms with Crippen molar-refractivity contribution in [2.45, 2.75) is 39.7 Å². The van der Waals surface area contributed by atoms with Gasteiger partial charge in [0, 0.05) is 25.8 Å². The van der Waals surface area contributed by atoms with E-state index in [4.69, 9.17) is 4.74 Å². The van der Waals surface area contributed by atoms with Crippen LogP contribution in [0, 0.1) is 0 Å². The molecule has 0 radical (unpaired) electrons. The average molecular weight is 216 g/mol. The van der Waals surface area contributed by atoms with Crippen LogP contribution in [-0.2, 0) is 9.53 Å². The average Bonchev–Trinajstić information content (AvgIpc) is 2.25. The summed E-state index contributed by atoms with van der Waals surface area (Å²) in [6, 6.07) is 0.402. The van der Waals surface area contributed by atoms with Crippen molar-refractivity contribution in [1.82, 2.24) is 10.6 Å². The molecule has 0 aliphatic heterocycles. The highest BCUT2D eigenvalue weighted by atomic mass is 16.5. The molecule has 2 N–H and O–H groups in total. The number of amides is 1. The van der Waals surface area contributed by atoms with Crippen LogP contribution in [0.1, 0.15) is 33.6 Å². The third-order valence-electron chi connectivity index (χ3n) is 2.22. The Morgan fingerprint density at radius 1 is 1.40 bits per heavy atom. The zero-order valence-electron chi connectivity index (χ0n) is 10.1. The van der Waals surface area contributed by atoms with Crippen molar-refractivity contribution < 1.29 is 9.53 Å². The zero-order chi connectivity index (χ0) is 11.5. The van der Waals surface area contributed by atoms with Gasteiger partial charge in [-0.3, -0.25) is 4.79 Å². The first-order valence-corrected chi connectivity index (χ1v) is 5.78. The fourth-order valence-electron chi connectivity index (χ4n) is 1.02. The minimum Gasteiger partial charge on any atom is -0.382 e. The molecule has 0 aliphatic rings. The Balaban J connectivity index is 3.26. The van der Waals surface area contributed by atoms with E-state index in [0.717, 1.165) is 26.1 Å². The van der Waals surface area contributed by atoms with Gasteiger partial charge in [0.2, 0.25) is 5.91 Å². The maximum atomic E-state index is 11.3. The van der Waals surface area contributed by atoms with Crippen LogP contribution in [0.25, 0.3) is 0 Å². The van der Waals surface area contributed by atoms with Crippen molar-refractivity contribution >= 4 is 5.91 Å². The van der Waals surface area contributed by atoms with Gasteiger partial charge in [-0.25, -0.2) is 0 Å². The Morgan fingerprint density at radius 2 is 2.13 bits per heavy atom. The molecule has 0 aromatic rings. The van der Waals surface area contributed by atoms with Crippen molar-refractivity contribution in [3.05, 3.63) is 0 Å². The van der Waals surface area contributed by atoms with Crippen molar-refractivity contribution in [1.29, 1.82) is 0 Å². The third-order valence-corrected chi connectivity index (χ3v) is 2.22.